The predicted molar refractivity (Wildman–Crippen MR) is 181 cm³/mol. The van der Waals surface area contributed by atoms with Crippen LogP contribution in [0, 0.1) is 0 Å². The first-order valence-electron chi connectivity index (χ1n) is 14.9. The van der Waals surface area contributed by atoms with Crippen LogP contribution in [0.5, 0.6) is 5.75 Å². The van der Waals surface area contributed by atoms with Crippen LogP contribution in [0.2, 0.25) is 0 Å². The standard InChI is InChI=1S/C14H20N6O.C12H15N4O.C3H10N2O.C2H6O.2ClH/c1-19-7-8-20(2)14(19)18-17-12-5-3-11(4-6-12)16-10-13(21)9-15;1-15-8-9-16(2)12(15)14-13-10-4-6-11(17-3)7-5-10;4-1-3(6)2-5;1-2-3;;/h3-8,13,21H,9-10,15H2,1-2H3;4-9H,1-3H3;3,6H,1-2,4-5H2;3H,2H2,1H3;2*1H/q;+1;;;;/p-1. The largest absolute Gasteiger partial charge is 1.00 e. The summed E-state index contributed by atoms with van der Waals surface area (Å²) in [5.74, 6) is 2.37. The Hall–Kier alpha value is -4.00. The van der Waals surface area contributed by atoms with E-state index >= 15 is 0 Å². The molecule has 4 aromatic rings. The van der Waals surface area contributed by atoms with E-state index in [9.17, 15) is 5.11 Å². The van der Waals surface area contributed by atoms with Gasteiger partial charge in [-0.2, -0.15) is 0 Å². The smallest absolute Gasteiger partial charge is 0.421 e. The maximum absolute atomic E-state index is 9.39. The average Bonchev–Trinajstić information content (AvgIpc) is 3.60. The lowest BCUT2D eigenvalue weighted by Gasteiger charge is -2.10. The van der Waals surface area contributed by atoms with Gasteiger partial charge in [0.05, 0.1) is 72.3 Å². The second-order valence-corrected chi connectivity index (χ2v) is 10.00. The lowest BCUT2D eigenvalue weighted by Crippen LogP contribution is -3.00. The summed E-state index contributed by atoms with van der Waals surface area (Å²) in [6.45, 7) is 3.12. The van der Waals surface area contributed by atoms with Crippen LogP contribution in [0.1, 0.15) is 6.92 Å². The number of imidazole rings is 2. The summed E-state index contributed by atoms with van der Waals surface area (Å²) >= 11 is 0. The van der Waals surface area contributed by atoms with Crippen LogP contribution in [0.25, 0.3) is 0 Å². The van der Waals surface area contributed by atoms with Crippen molar-refractivity contribution in [2.45, 2.75) is 19.1 Å². The Bertz CT molecular complexity index is 1420. The topological polar surface area (TPSA) is 227 Å². The van der Waals surface area contributed by atoms with Crippen molar-refractivity contribution in [3.63, 3.8) is 0 Å². The number of anilines is 1. The maximum atomic E-state index is 9.39. The fourth-order valence-corrected chi connectivity index (χ4v) is 3.36. The molecule has 0 amide bonds. The number of ether oxygens (including phenoxy) is 1. The molecule has 10 N–H and O–H groups in total. The highest BCUT2D eigenvalue weighted by atomic mass is 35.5. The number of halogens is 2. The molecule has 0 spiro atoms. The van der Waals surface area contributed by atoms with E-state index in [2.05, 4.69) is 25.8 Å². The summed E-state index contributed by atoms with van der Waals surface area (Å²) in [7, 11) is 9.35. The second-order valence-electron chi connectivity index (χ2n) is 10.00. The Labute approximate surface area is 300 Å². The van der Waals surface area contributed by atoms with Gasteiger partial charge in [0.25, 0.3) is 0 Å². The molecule has 2 heterocycles. The quantitative estimate of drug-likeness (QED) is 0.0588. The number of hydrogen-bond donors (Lipinski definition) is 7. The van der Waals surface area contributed by atoms with Gasteiger partial charge in [0.2, 0.25) is 0 Å². The molecule has 0 bridgehead atoms. The van der Waals surface area contributed by atoms with Crippen molar-refractivity contribution in [1.29, 1.82) is 0 Å². The van der Waals surface area contributed by atoms with E-state index < -0.39 is 12.2 Å². The maximum Gasteiger partial charge on any atom is 0.421 e. The number of aliphatic hydroxyl groups is 3. The SMILES string of the molecule is CCO.COc1ccc(N=Nc2n(C)cc[n+]2C)cc1.Cn1cc[n+](C)c1N=Nc1ccc(NCC(O)CN)cc1.NCC(O)CN.[Cl-].[Cl-]. The van der Waals surface area contributed by atoms with Gasteiger partial charge in [-0.05, 0) is 55.5 Å². The molecule has 0 fully saturated rings. The minimum Gasteiger partial charge on any atom is -1.00 e. The monoisotopic (exact) mass is 726 g/mol. The number of nitrogens with two attached hydrogens (primary N) is 3. The Morgan fingerprint density at radius 2 is 1.12 bits per heavy atom. The van der Waals surface area contributed by atoms with Crippen LogP contribution >= 0.6 is 0 Å². The Morgan fingerprint density at radius 3 is 1.43 bits per heavy atom. The zero-order valence-corrected chi connectivity index (χ0v) is 30.4. The Morgan fingerprint density at radius 1 is 0.735 bits per heavy atom. The number of benzene rings is 2. The first-order chi connectivity index (χ1) is 22.5. The molecule has 1 unspecified atom stereocenters. The van der Waals surface area contributed by atoms with Gasteiger partial charge in [0, 0.05) is 48.7 Å². The van der Waals surface area contributed by atoms with Gasteiger partial charge < -0.3 is 67.4 Å². The molecule has 2 aromatic carbocycles. The number of azo groups is 2. The van der Waals surface area contributed by atoms with Gasteiger partial charge in [0.1, 0.15) is 17.1 Å². The van der Waals surface area contributed by atoms with Gasteiger partial charge in [-0.25, -0.2) is 18.3 Å². The fraction of sp³-hybridized carbons (Fsp3) is 0.419. The summed E-state index contributed by atoms with van der Waals surface area (Å²) in [4.78, 5) is 0. The van der Waals surface area contributed by atoms with Crippen molar-refractivity contribution >= 4 is 29.0 Å². The first kappa shape index (κ1) is 47.1. The zero-order valence-electron chi connectivity index (χ0n) is 28.9. The van der Waals surface area contributed by atoms with Crippen LogP contribution in [0.3, 0.4) is 0 Å². The molecule has 18 heteroatoms. The normalized spacial score (nSPS) is 10.9. The highest BCUT2D eigenvalue weighted by Gasteiger charge is 2.11. The van der Waals surface area contributed by atoms with Crippen molar-refractivity contribution in [3.05, 3.63) is 73.3 Å². The number of aliphatic hydroxyl groups excluding tert-OH is 3. The second kappa shape index (κ2) is 26.9. The molecule has 49 heavy (non-hydrogen) atoms. The molecule has 0 aliphatic rings. The number of nitrogens with one attached hydrogen (secondary N) is 1. The van der Waals surface area contributed by atoms with Crippen LogP contribution in [-0.2, 0) is 28.2 Å². The van der Waals surface area contributed by atoms with Gasteiger partial charge in [-0.15, -0.1) is 0 Å². The Kier molecular flexibility index (Phi) is 25.9. The molecule has 2 aromatic heterocycles. The summed E-state index contributed by atoms with van der Waals surface area (Å²) in [5, 5.41) is 45.3. The third kappa shape index (κ3) is 18.4. The summed E-state index contributed by atoms with van der Waals surface area (Å²) in [5.41, 5.74) is 17.7. The van der Waals surface area contributed by atoms with Crippen molar-refractivity contribution in [2.24, 2.45) is 65.8 Å². The number of hydrogen-bond acceptors (Lipinski definition) is 12. The highest BCUT2D eigenvalue weighted by Crippen LogP contribution is 2.20. The summed E-state index contributed by atoms with van der Waals surface area (Å²) in [6, 6.07) is 15.0. The van der Waals surface area contributed by atoms with E-state index in [1.54, 1.807) is 14.0 Å². The third-order valence-electron chi connectivity index (χ3n) is 6.10. The van der Waals surface area contributed by atoms with E-state index in [1.165, 1.54) is 0 Å². The van der Waals surface area contributed by atoms with E-state index in [4.69, 9.17) is 32.2 Å². The van der Waals surface area contributed by atoms with Gasteiger partial charge in [-0.1, -0.05) is 10.2 Å². The average molecular weight is 728 g/mol. The molecular weight excluding hydrogens is 675 g/mol. The van der Waals surface area contributed by atoms with Gasteiger partial charge in [-0.3, -0.25) is 0 Å². The van der Waals surface area contributed by atoms with Crippen LogP contribution in [0.15, 0.2) is 93.8 Å². The van der Waals surface area contributed by atoms with Crippen molar-refractivity contribution in [1.82, 2.24) is 9.13 Å². The zero-order chi connectivity index (χ0) is 35.2. The lowest BCUT2D eigenvalue weighted by atomic mass is 10.2. The minimum absolute atomic E-state index is 0. The fourth-order valence-electron chi connectivity index (χ4n) is 3.36. The van der Waals surface area contributed by atoms with E-state index in [-0.39, 0.29) is 51.1 Å². The van der Waals surface area contributed by atoms with Gasteiger partial charge in [0.15, 0.2) is 0 Å². The number of rotatable bonds is 11. The van der Waals surface area contributed by atoms with E-state index in [1.807, 2.05) is 120 Å². The number of methoxy groups -OCH3 is 1. The number of nitrogens with zero attached hydrogens (tertiary/aromatic N) is 8. The highest BCUT2D eigenvalue weighted by molar-refractivity contribution is 5.50. The van der Waals surface area contributed by atoms with Crippen molar-refractivity contribution < 1.29 is 54.0 Å². The molecule has 0 radical (unpaired) electrons. The van der Waals surface area contributed by atoms with E-state index in [0.717, 1.165) is 34.7 Å². The molecule has 16 nitrogen and oxygen atoms in total. The Balaban J connectivity index is 0. The van der Waals surface area contributed by atoms with Crippen molar-refractivity contribution in [3.8, 4) is 5.75 Å². The summed E-state index contributed by atoms with van der Waals surface area (Å²) in [6.07, 6.45) is 6.66. The van der Waals surface area contributed by atoms with Crippen LogP contribution < -0.4 is 61.2 Å². The van der Waals surface area contributed by atoms with Crippen LogP contribution in [-0.4, -0.2) is 76.6 Å². The number of aromatic nitrogens is 4. The minimum atomic E-state index is -0.540. The molecule has 0 aliphatic carbocycles. The van der Waals surface area contributed by atoms with Crippen LogP contribution in [0.4, 0.5) is 29.0 Å². The molecule has 274 valence electrons. The van der Waals surface area contributed by atoms with Gasteiger partial charge >= 0.3 is 11.9 Å². The molecule has 1 atom stereocenters. The summed E-state index contributed by atoms with van der Waals surface area (Å²) < 4.78 is 12.7. The third-order valence-corrected chi connectivity index (χ3v) is 6.10. The molecule has 0 aliphatic heterocycles. The van der Waals surface area contributed by atoms with Crippen molar-refractivity contribution in [2.75, 3.05) is 45.2 Å². The lowest BCUT2D eigenvalue weighted by molar-refractivity contribution is -0.657. The van der Waals surface area contributed by atoms with E-state index in [0.29, 0.717) is 6.54 Å². The molecular formula is C31H52Cl2N12O4. The molecule has 0 saturated carbocycles. The molecule has 0 saturated heterocycles. The first-order valence-corrected chi connectivity index (χ1v) is 14.9. The molecule has 4 rings (SSSR count). The predicted octanol–water partition coefficient (Wildman–Crippen LogP) is -4.46. The number of aryl methyl sites for hydroxylation is 4.